The van der Waals surface area contributed by atoms with Crippen LogP contribution in [0.3, 0.4) is 0 Å². The molecule has 3 aliphatic heterocycles. The van der Waals surface area contributed by atoms with E-state index in [1.807, 2.05) is 37.3 Å². The van der Waals surface area contributed by atoms with Crippen molar-refractivity contribution in [1.82, 2.24) is 20.0 Å². The number of amides is 1. The van der Waals surface area contributed by atoms with Crippen molar-refractivity contribution in [1.29, 1.82) is 0 Å². The normalized spacial score (nSPS) is 19.6. The maximum Gasteiger partial charge on any atom is 0.231 e. The molecule has 2 aromatic heterocycles. The van der Waals surface area contributed by atoms with Gasteiger partial charge in [-0.1, -0.05) is 6.07 Å². The number of carbonyl (C=O) groups excluding carboxylic acids is 1. The van der Waals surface area contributed by atoms with Gasteiger partial charge in [0.1, 0.15) is 5.82 Å². The van der Waals surface area contributed by atoms with Crippen molar-refractivity contribution in [2.45, 2.75) is 19.3 Å². The predicted octanol–water partition coefficient (Wildman–Crippen LogP) is 2.01. The van der Waals surface area contributed by atoms with E-state index in [-0.39, 0.29) is 18.6 Å². The SMILES string of the molecule is Cc1nn(-c2ccc(N3CCOCC3)nn2)c2c1[C@@H](c1ccc3c(c1)OCO3)CC(=O)N2. The number of ether oxygens (including phenoxy) is 3. The van der Waals surface area contributed by atoms with E-state index in [1.165, 1.54) is 0 Å². The smallest absolute Gasteiger partial charge is 0.231 e. The summed E-state index contributed by atoms with van der Waals surface area (Å²) in [7, 11) is 0. The number of hydrogen-bond acceptors (Lipinski definition) is 8. The first-order chi connectivity index (χ1) is 15.7. The fourth-order valence-electron chi connectivity index (χ4n) is 4.52. The number of fused-ring (bicyclic) bond motifs is 2. The summed E-state index contributed by atoms with van der Waals surface area (Å²) in [6.07, 6.45) is 0.334. The van der Waals surface area contributed by atoms with Gasteiger partial charge in [0.2, 0.25) is 12.7 Å². The summed E-state index contributed by atoms with van der Waals surface area (Å²) in [5, 5.41) is 16.5. The maximum absolute atomic E-state index is 12.6. The largest absolute Gasteiger partial charge is 0.454 e. The third-order valence-corrected chi connectivity index (χ3v) is 6.09. The molecule has 0 saturated carbocycles. The second-order valence-electron chi connectivity index (χ2n) is 8.03. The van der Waals surface area contributed by atoms with Crippen molar-refractivity contribution >= 4 is 17.5 Å². The first kappa shape index (κ1) is 19.1. The second kappa shape index (κ2) is 7.49. The van der Waals surface area contributed by atoms with Crippen LogP contribution in [0.2, 0.25) is 0 Å². The Morgan fingerprint density at radius 3 is 2.62 bits per heavy atom. The molecule has 164 valence electrons. The minimum atomic E-state index is -0.136. The molecule has 6 rings (SSSR count). The number of morpholine rings is 1. The highest BCUT2D eigenvalue weighted by molar-refractivity contribution is 5.95. The van der Waals surface area contributed by atoms with E-state index < -0.39 is 0 Å². The molecule has 1 amide bonds. The zero-order chi connectivity index (χ0) is 21.7. The number of nitrogens with zero attached hydrogens (tertiary/aromatic N) is 5. The van der Waals surface area contributed by atoms with E-state index in [2.05, 4.69) is 20.4 Å². The molecular formula is C22H22N6O4. The molecule has 0 spiro atoms. The lowest BCUT2D eigenvalue weighted by Gasteiger charge is -2.27. The number of carbonyl (C=O) groups is 1. The van der Waals surface area contributed by atoms with Crippen LogP contribution in [-0.2, 0) is 9.53 Å². The van der Waals surface area contributed by atoms with Gasteiger partial charge in [0.25, 0.3) is 0 Å². The Balaban J connectivity index is 1.37. The molecule has 10 nitrogen and oxygen atoms in total. The molecule has 32 heavy (non-hydrogen) atoms. The number of aryl methyl sites for hydroxylation is 1. The van der Waals surface area contributed by atoms with Gasteiger partial charge >= 0.3 is 0 Å². The van der Waals surface area contributed by atoms with Crippen LogP contribution in [-0.4, -0.2) is 59.0 Å². The summed E-state index contributed by atoms with van der Waals surface area (Å²) in [4.78, 5) is 14.8. The Kier molecular flexibility index (Phi) is 4.46. The fraction of sp³-hybridized carbons (Fsp3) is 0.364. The molecule has 0 radical (unpaired) electrons. The van der Waals surface area contributed by atoms with E-state index in [0.717, 1.165) is 41.5 Å². The molecule has 1 saturated heterocycles. The van der Waals surface area contributed by atoms with Gasteiger partial charge in [0, 0.05) is 31.0 Å². The molecule has 3 aliphatic rings. The zero-order valence-corrected chi connectivity index (χ0v) is 17.6. The van der Waals surface area contributed by atoms with E-state index in [9.17, 15) is 4.79 Å². The first-order valence-electron chi connectivity index (χ1n) is 10.6. The van der Waals surface area contributed by atoms with Gasteiger partial charge < -0.3 is 24.4 Å². The third kappa shape index (κ3) is 3.14. The predicted molar refractivity (Wildman–Crippen MR) is 115 cm³/mol. The highest BCUT2D eigenvalue weighted by atomic mass is 16.7. The van der Waals surface area contributed by atoms with Gasteiger partial charge in [-0.25, -0.2) is 0 Å². The Hall–Kier alpha value is -3.66. The summed E-state index contributed by atoms with van der Waals surface area (Å²) in [6, 6.07) is 9.62. The lowest BCUT2D eigenvalue weighted by Crippen LogP contribution is -2.36. The Morgan fingerprint density at radius 1 is 1.03 bits per heavy atom. The number of rotatable bonds is 3. The average Bonchev–Trinajstić information content (AvgIpc) is 3.43. The molecule has 1 fully saturated rings. The molecule has 1 atom stereocenters. The minimum Gasteiger partial charge on any atom is -0.454 e. The van der Waals surface area contributed by atoms with E-state index in [0.29, 0.717) is 37.0 Å². The summed E-state index contributed by atoms with van der Waals surface area (Å²) in [5.41, 5.74) is 2.80. The van der Waals surface area contributed by atoms with Gasteiger partial charge in [-0.05, 0) is 36.8 Å². The quantitative estimate of drug-likeness (QED) is 0.668. The topological polar surface area (TPSA) is 104 Å². The Bertz CT molecular complexity index is 1190. The highest BCUT2D eigenvalue weighted by Crippen LogP contribution is 2.43. The van der Waals surface area contributed by atoms with Crippen LogP contribution in [0, 0.1) is 6.92 Å². The molecule has 0 aliphatic carbocycles. The molecule has 3 aromatic rings. The zero-order valence-electron chi connectivity index (χ0n) is 17.6. The molecular weight excluding hydrogens is 412 g/mol. The number of benzene rings is 1. The Labute approximate surface area is 184 Å². The molecule has 5 heterocycles. The first-order valence-corrected chi connectivity index (χ1v) is 10.6. The molecule has 0 bridgehead atoms. The van der Waals surface area contributed by atoms with Gasteiger partial charge in [-0.3, -0.25) is 4.79 Å². The third-order valence-electron chi connectivity index (χ3n) is 6.09. The monoisotopic (exact) mass is 434 g/mol. The molecule has 1 aromatic carbocycles. The number of aromatic nitrogens is 4. The summed E-state index contributed by atoms with van der Waals surface area (Å²) >= 11 is 0. The van der Waals surface area contributed by atoms with Gasteiger partial charge in [-0.2, -0.15) is 9.78 Å². The van der Waals surface area contributed by atoms with Gasteiger partial charge in [0.15, 0.2) is 23.1 Å². The highest BCUT2D eigenvalue weighted by Gasteiger charge is 2.33. The van der Waals surface area contributed by atoms with Crippen molar-refractivity contribution in [3.05, 3.63) is 47.2 Å². The number of hydrogen-bond donors (Lipinski definition) is 1. The van der Waals surface area contributed by atoms with Crippen LogP contribution in [0.15, 0.2) is 30.3 Å². The van der Waals surface area contributed by atoms with Crippen molar-refractivity contribution in [3.8, 4) is 17.3 Å². The van der Waals surface area contributed by atoms with E-state index in [1.54, 1.807) is 4.68 Å². The van der Waals surface area contributed by atoms with Gasteiger partial charge in [0.05, 0.1) is 18.9 Å². The van der Waals surface area contributed by atoms with Crippen molar-refractivity contribution in [2.24, 2.45) is 0 Å². The molecule has 10 heteroatoms. The van der Waals surface area contributed by atoms with E-state index >= 15 is 0 Å². The van der Waals surface area contributed by atoms with Crippen LogP contribution < -0.4 is 19.7 Å². The molecule has 1 N–H and O–H groups in total. The lowest BCUT2D eigenvalue weighted by atomic mass is 9.85. The lowest BCUT2D eigenvalue weighted by molar-refractivity contribution is -0.116. The van der Waals surface area contributed by atoms with E-state index in [4.69, 9.17) is 19.3 Å². The van der Waals surface area contributed by atoms with Crippen molar-refractivity contribution < 1.29 is 19.0 Å². The standard InChI is InChI=1S/C22H22N6O4/c1-13-21-15(14-2-3-16-17(10-14)32-12-31-16)11-20(29)23-22(21)28(26-13)19-5-4-18(24-25-19)27-6-8-30-9-7-27/h2-5,10,15H,6-9,11-12H2,1H3,(H,23,29)/t15-/m1/s1. The van der Waals surface area contributed by atoms with Crippen LogP contribution in [0.4, 0.5) is 11.6 Å². The summed E-state index contributed by atoms with van der Waals surface area (Å²) in [5.74, 6) is 3.20. The van der Waals surface area contributed by atoms with Crippen LogP contribution in [0.5, 0.6) is 11.5 Å². The fourth-order valence-corrected chi connectivity index (χ4v) is 4.52. The van der Waals surface area contributed by atoms with Crippen LogP contribution in [0.1, 0.15) is 29.2 Å². The second-order valence-corrected chi connectivity index (χ2v) is 8.03. The van der Waals surface area contributed by atoms with Crippen molar-refractivity contribution in [3.63, 3.8) is 0 Å². The molecule has 0 unspecified atom stereocenters. The summed E-state index contributed by atoms with van der Waals surface area (Å²) < 4.78 is 18.0. The minimum absolute atomic E-state index is 0.0702. The maximum atomic E-state index is 12.6. The van der Waals surface area contributed by atoms with Crippen LogP contribution >= 0.6 is 0 Å². The Morgan fingerprint density at radius 2 is 1.81 bits per heavy atom. The average molecular weight is 434 g/mol. The van der Waals surface area contributed by atoms with Crippen LogP contribution in [0.25, 0.3) is 5.82 Å². The van der Waals surface area contributed by atoms with Gasteiger partial charge in [-0.15, -0.1) is 10.2 Å². The number of anilines is 2. The summed E-state index contributed by atoms with van der Waals surface area (Å²) in [6.45, 7) is 5.11. The number of nitrogens with one attached hydrogen (secondary N) is 1. The van der Waals surface area contributed by atoms with Crippen molar-refractivity contribution in [2.75, 3.05) is 43.3 Å².